The van der Waals surface area contributed by atoms with Gasteiger partial charge in [-0.3, -0.25) is 0 Å². The quantitative estimate of drug-likeness (QED) is 0.879. The zero-order valence-corrected chi connectivity index (χ0v) is 11.6. The van der Waals surface area contributed by atoms with Gasteiger partial charge in [-0.2, -0.15) is 0 Å². The SMILES string of the molecule is Cc1ccc(C(=O)O)cc1-c1ccc(C2CCC2)cc1. The van der Waals surface area contributed by atoms with Crippen molar-refractivity contribution in [2.75, 3.05) is 0 Å². The van der Waals surface area contributed by atoms with Crippen molar-refractivity contribution in [2.45, 2.75) is 32.1 Å². The van der Waals surface area contributed by atoms with Crippen molar-refractivity contribution in [3.63, 3.8) is 0 Å². The van der Waals surface area contributed by atoms with Gasteiger partial charge in [0.1, 0.15) is 0 Å². The molecule has 0 unspecified atom stereocenters. The lowest BCUT2D eigenvalue weighted by molar-refractivity contribution is 0.0697. The molecule has 0 atom stereocenters. The van der Waals surface area contributed by atoms with Crippen LogP contribution in [0.25, 0.3) is 11.1 Å². The van der Waals surface area contributed by atoms with Crippen LogP contribution in [0, 0.1) is 6.92 Å². The van der Waals surface area contributed by atoms with Gasteiger partial charge in [0.25, 0.3) is 0 Å². The third-order valence-electron chi connectivity index (χ3n) is 4.28. The average Bonchev–Trinajstić information content (AvgIpc) is 2.38. The van der Waals surface area contributed by atoms with E-state index in [0.717, 1.165) is 22.6 Å². The number of carboxylic acids is 1. The number of hydrogen-bond donors (Lipinski definition) is 1. The highest BCUT2D eigenvalue weighted by Crippen LogP contribution is 2.37. The predicted octanol–water partition coefficient (Wildman–Crippen LogP) is 4.63. The Bertz CT molecular complexity index is 637. The van der Waals surface area contributed by atoms with Gasteiger partial charge in [-0.05, 0) is 60.1 Å². The predicted molar refractivity (Wildman–Crippen MR) is 80.2 cm³/mol. The summed E-state index contributed by atoms with van der Waals surface area (Å²) < 4.78 is 0. The standard InChI is InChI=1S/C18H18O2/c1-12-5-6-16(18(19)20)11-17(12)15-9-7-14(8-10-15)13-3-2-4-13/h5-11,13H,2-4H2,1H3,(H,19,20). The molecule has 0 saturated heterocycles. The van der Waals surface area contributed by atoms with Gasteiger partial charge in [-0.25, -0.2) is 4.79 Å². The van der Waals surface area contributed by atoms with Crippen LogP contribution in [0.5, 0.6) is 0 Å². The van der Waals surface area contributed by atoms with E-state index < -0.39 is 5.97 Å². The fraction of sp³-hybridized carbons (Fsp3) is 0.278. The van der Waals surface area contributed by atoms with Crippen LogP contribution in [0.15, 0.2) is 42.5 Å². The second-order valence-corrected chi connectivity index (χ2v) is 5.58. The Morgan fingerprint density at radius 2 is 1.80 bits per heavy atom. The molecule has 0 heterocycles. The average molecular weight is 266 g/mol. The third-order valence-corrected chi connectivity index (χ3v) is 4.28. The van der Waals surface area contributed by atoms with Crippen LogP contribution in [-0.4, -0.2) is 11.1 Å². The number of hydrogen-bond acceptors (Lipinski definition) is 1. The van der Waals surface area contributed by atoms with Crippen molar-refractivity contribution in [1.82, 2.24) is 0 Å². The second kappa shape index (κ2) is 5.12. The van der Waals surface area contributed by atoms with E-state index in [1.165, 1.54) is 24.8 Å². The zero-order valence-electron chi connectivity index (χ0n) is 11.6. The van der Waals surface area contributed by atoms with Gasteiger partial charge in [0, 0.05) is 0 Å². The lowest BCUT2D eigenvalue weighted by Gasteiger charge is -2.25. The first-order valence-corrected chi connectivity index (χ1v) is 7.09. The molecule has 3 rings (SSSR count). The molecule has 2 nitrogen and oxygen atoms in total. The summed E-state index contributed by atoms with van der Waals surface area (Å²) in [6.07, 6.45) is 3.94. The molecule has 0 bridgehead atoms. The summed E-state index contributed by atoms with van der Waals surface area (Å²) in [5.74, 6) is -0.146. The minimum absolute atomic E-state index is 0.341. The summed E-state index contributed by atoms with van der Waals surface area (Å²) in [5, 5.41) is 9.10. The lowest BCUT2D eigenvalue weighted by atomic mass is 9.80. The summed E-state index contributed by atoms with van der Waals surface area (Å²) >= 11 is 0. The molecule has 102 valence electrons. The van der Waals surface area contributed by atoms with Crippen LogP contribution in [0.1, 0.15) is 46.7 Å². The van der Waals surface area contributed by atoms with E-state index in [2.05, 4.69) is 24.3 Å². The maximum atomic E-state index is 11.1. The Hall–Kier alpha value is -2.09. The first-order chi connectivity index (χ1) is 9.65. The molecule has 2 aromatic carbocycles. The number of benzene rings is 2. The first kappa shape index (κ1) is 12.9. The molecule has 1 saturated carbocycles. The molecule has 1 fully saturated rings. The maximum absolute atomic E-state index is 11.1. The van der Waals surface area contributed by atoms with Gasteiger partial charge < -0.3 is 5.11 Å². The van der Waals surface area contributed by atoms with Crippen molar-refractivity contribution < 1.29 is 9.90 Å². The minimum Gasteiger partial charge on any atom is -0.478 e. The van der Waals surface area contributed by atoms with Gasteiger partial charge in [0.15, 0.2) is 0 Å². The van der Waals surface area contributed by atoms with E-state index in [4.69, 9.17) is 5.11 Å². The highest BCUT2D eigenvalue weighted by molar-refractivity contribution is 5.90. The number of aryl methyl sites for hydroxylation is 1. The summed E-state index contributed by atoms with van der Waals surface area (Å²) in [6, 6.07) is 13.9. The third kappa shape index (κ3) is 2.34. The van der Waals surface area contributed by atoms with E-state index in [-0.39, 0.29) is 0 Å². The van der Waals surface area contributed by atoms with Crippen LogP contribution in [-0.2, 0) is 0 Å². The Balaban J connectivity index is 1.95. The van der Waals surface area contributed by atoms with Crippen LogP contribution in [0.3, 0.4) is 0 Å². The summed E-state index contributed by atoms with van der Waals surface area (Å²) in [5.41, 5.74) is 4.95. The fourth-order valence-corrected chi connectivity index (χ4v) is 2.74. The molecular weight excluding hydrogens is 248 g/mol. The topological polar surface area (TPSA) is 37.3 Å². The van der Waals surface area contributed by atoms with Gasteiger partial charge in [0.05, 0.1) is 5.56 Å². The molecule has 1 aliphatic rings. The highest BCUT2D eigenvalue weighted by atomic mass is 16.4. The normalized spacial score (nSPS) is 14.8. The fourth-order valence-electron chi connectivity index (χ4n) is 2.74. The molecule has 0 spiro atoms. The number of carboxylic acid groups (broad SMARTS) is 1. The van der Waals surface area contributed by atoms with Crippen molar-refractivity contribution >= 4 is 5.97 Å². The molecule has 2 heteroatoms. The summed E-state index contributed by atoms with van der Waals surface area (Å²) in [7, 11) is 0. The molecule has 0 amide bonds. The van der Waals surface area contributed by atoms with E-state index in [0.29, 0.717) is 5.56 Å². The Kier molecular flexibility index (Phi) is 3.31. The molecule has 0 radical (unpaired) electrons. The first-order valence-electron chi connectivity index (χ1n) is 7.09. The molecule has 0 aromatic heterocycles. The summed E-state index contributed by atoms with van der Waals surface area (Å²) in [6.45, 7) is 2.01. The Morgan fingerprint density at radius 3 is 2.35 bits per heavy atom. The lowest BCUT2D eigenvalue weighted by Crippen LogP contribution is -2.08. The molecule has 1 N–H and O–H groups in total. The van der Waals surface area contributed by atoms with Crippen LogP contribution in [0.4, 0.5) is 0 Å². The molecule has 2 aromatic rings. The minimum atomic E-state index is -0.877. The van der Waals surface area contributed by atoms with Gasteiger partial charge >= 0.3 is 5.97 Å². The monoisotopic (exact) mass is 266 g/mol. The molecule has 20 heavy (non-hydrogen) atoms. The van der Waals surface area contributed by atoms with Crippen LogP contribution < -0.4 is 0 Å². The molecular formula is C18H18O2. The molecule has 0 aliphatic heterocycles. The van der Waals surface area contributed by atoms with Crippen LogP contribution in [0.2, 0.25) is 0 Å². The maximum Gasteiger partial charge on any atom is 0.335 e. The summed E-state index contributed by atoms with van der Waals surface area (Å²) in [4.78, 5) is 11.1. The number of carbonyl (C=O) groups is 1. The van der Waals surface area contributed by atoms with E-state index in [9.17, 15) is 4.79 Å². The van der Waals surface area contributed by atoms with Crippen molar-refractivity contribution in [2.24, 2.45) is 0 Å². The van der Waals surface area contributed by atoms with E-state index in [1.807, 2.05) is 13.0 Å². The highest BCUT2D eigenvalue weighted by Gasteiger charge is 2.19. The van der Waals surface area contributed by atoms with Crippen molar-refractivity contribution in [3.05, 3.63) is 59.2 Å². The number of rotatable bonds is 3. The molecule has 1 aliphatic carbocycles. The van der Waals surface area contributed by atoms with Crippen molar-refractivity contribution in [3.8, 4) is 11.1 Å². The van der Waals surface area contributed by atoms with E-state index >= 15 is 0 Å². The largest absolute Gasteiger partial charge is 0.478 e. The Labute approximate surface area is 119 Å². The second-order valence-electron chi connectivity index (χ2n) is 5.58. The van der Waals surface area contributed by atoms with E-state index in [1.54, 1.807) is 12.1 Å². The van der Waals surface area contributed by atoms with Gasteiger partial charge in [-0.15, -0.1) is 0 Å². The van der Waals surface area contributed by atoms with Gasteiger partial charge in [-0.1, -0.05) is 36.8 Å². The van der Waals surface area contributed by atoms with Gasteiger partial charge in [0.2, 0.25) is 0 Å². The van der Waals surface area contributed by atoms with Crippen LogP contribution >= 0.6 is 0 Å². The van der Waals surface area contributed by atoms with Crippen molar-refractivity contribution in [1.29, 1.82) is 0 Å². The smallest absolute Gasteiger partial charge is 0.335 e. The Morgan fingerprint density at radius 1 is 1.10 bits per heavy atom. The number of aromatic carboxylic acids is 1. The zero-order chi connectivity index (χ0) is 14.1.